The van der Waals surface area contributed by atoms with Gasteiger partial charge in [-0.25, -0.2) is 0 Å². The lowest BCUT2D eigenvalue weighted by Crippen LogP contribution is -2.45. The molecule has 0 saturated carbocycles. The smallest absolute Gasteiger partial charge is 0.237 e. The van der Waals surface area contributed by atoms with E-state index in [-0.39, 0.29) is 17.6 Å². The van der Waals surface area contributed by atoms with Crippen molar-refractivity contribution in [1.82, 2.24) is 0 Å². The zero-order valence-corrected chi connectivity index (χ0v) is 13.0. The number of Topliss-reactive ketones (excluding diaryl/α,β-unsaturated/α-hetero) is 1. The molecule has 5 heteroatoms. The van der Waals surface area contributed by atoms with Gasteiger partial charge in [0.25, 0.3) is 0 Å². The van der Waals surface area contributed by atoms with E-state index in [4.69, 9.17) is 23.2 Å². The lowest BCUT2D eigenvalue weighted by Gasteiger charge is -2.32. The molecule has 1 atom stereocenters. The van der Waals surface area contributed by atoms with Crippen molar-refractivity contribution in [2.45, 2.75) is 26.7 Å². The summed E-state index contributed by atoms with van der Waals surface area (Å²) in [5.41, 5.74) is 0.700. The molecule has 0 bridgehead atoms. The van der Waals surface area contributed by atoms with Crippen molar-refractivity contribution < 1.29 is 9.59 Å². The van der Waals surface area contributed by atoms with Gasteiger partial charge in [-0.3, -0.25) is 9.59 Å². The molecule has 1 fully saturated rings. The molecule has 108 valence electrons. The Morgan fingerprint density at radius 2 is 2.00 bits per heavy atom. The fourth-order valence-electron chi connectivity index (χ4n) is 2.45. The van der Waals surface area contributed by atoms with Gasteiger partial charge in [0.1, 0.15) is 5.78 Å². The Morgan fingerprint density at radius 3 is 2.60 bits per heavy atom. The van der Waals surface area contributed by atoms with Gasteiger partial charge >= 0.3 is 0 Å². The van der Waals surface area contributed by atoms with Crippen molar-refractivity contribution in [3.05, 3.63) is 28.2 Å². The summed E-state index contributed by atoms with van der Waals surface area (Å²) >= 11 is 11.9. The average molecular weight is 314 g/mol. The van der Waals surface area contributed by atoms with Gasteiger partial charge in [0.15, 0.2) is 0 Å². The molecule has 1 aliphatic heterocycles. The molecule has 0 spiro atoms. The van der Waals surface area contributed by atoms with Gasteiger partial charge in [-0.15, -0.1) is 0 Å². The van der Waals surface area contributed by atoms with Gasteiger partial charge in [0.05, 0.1) is 16.0 Å². The van der Waals surface area contributed by atoms with Crippen LogP contribution in [0.4, 0.5) is 5.69 Å². The van der Waals surface area contributed by atoms with Crippen molar-refractivity contribution in [2.24, 2.45) is 11.8 Å². The van der Waals surface area contributed by atoms with Crippen LogP contribution in [0.25, 0.3) is 0 Å². The van der Waals surface area contributed by atoms with Crippen molar-refractivity contribution in [3.8, 4) is 0 Å². The van der Waals surface area contributed by atoms with Crippen molar-refractivity contribution in [1.29, 1.82) is 0 Å². The first kappa shape index (κ1) is 15.3. The van der Waals surface area contributed by atoms with Crippen LogP contribution in [0, 0.1) is 11.8 Å². The molecule has 1 amide bonds. The molecule has 0 aliphatic carbocycles. The maximum absolute atomic E-state index is 12.5. The Labute approximate surface area is 128 Å². The number of carbonyl (C=O) groups is 2. The number of amides is 1. The number of hydrogen-bond acceptors (Lipinski definition) is 2. The number of piperidine rings is 1. The van der Waals surface area contributed by atoms with Crippen LogP contribution in [-0.2, 0) is 9.59 Å². The highest BCUT2D eigenvalue weighted by molar-refractivity contribution is 6.42. The van der Waals surface area contributed by atoms with Crippen LogP contribution < -0.4 is 4.90 Å². The van der Waals surface area contributed by atoms with Gasteiger partial charge < -0.3 is 4.90 Å². The van der Waals surface area contributed by atoms with E-state index < -0.39 is 5.92 Å². The number of carbonyl (C=O) groups excluding carboxylic acids is 2. The SMILES string of the molecule is CC(C)C(=O)[C@@H]1CCCN(c2ccc(Cl)c(Cl)c2)C1=O. The van der Waals surface area contributed by atoms with E-state index in [1.807, 2.05) is 13.8 Å². The number of nitrogens with zero attached hydrogens (tertiary/aromatic N) is 1. The maximum atomic E-state index is 12.5. The molecule has 1 aromatic carbocycles. The maximum Gasteiger partial charge on any atom is 0.237 e. The summed E-state index contributed by atoms with van der Waals surface area (Å²) in [5.74, 6) is -0.774. The van der Waals surface area contributed by atoms with Crippen LogP contribution in [0.2, 0.25) is 10.0 Å². The zero-order chi connectivity index (χ0) is 14.9. The number of halogens is 2. The predicted octanol–water partition coefficient (Wildman–Crippen LogP) is 3.96. The second kappa shape index (κ2) is 6.15. The molecule has 1 saturated heterocycles. The Kier molecular flexibility index (Phi) is 4.71. The number of hydrogen-bond donors (Lipinski definition) is 0. The van der Waals surface area contributed by atoms with E-state index in [1.54, 1.807) is 23.1 Å². The molecule has 3 nitrogen and oxygen atoms in total. The number of ketones is 1. The molecule has 0 unspecified atom stereocenters. The minimum Gasteiger partial charge on any atom is -0.312 e. The largest absolute Gasteiger partial charge is 0.312 e. The monoisotopic (exact) mass is 313 g/mol. The van der Waals surface area contributed by atoms with E-state index >= 15 is 0 Å². The van der Waals surface area contributed by atoms with Crippen LogP contribution >= 0.6 is 23.2 Å². The van der Waals surface area contributed by atoms with E-state index in [0.29, 0.717) is 28.7 Å². The second-order valence-corrected chi connectivity index (χ2v) is 6.15. The fraction of sp³-hybridized carbons (Fsp3) is 0.467. The first-order valence-electron chi connectivity index (χ1n) is 6.72. The Hall–Kier alpha value is -1.06. The van der Waals surface area contributed by atoms with Gasteiger partial charge in [-0.1, -0.05) is 37.0 Å². The molecule has 0 aromatic heterocycles. The summed E-state index contributed by atoms with van der Waals surface area (Å²) in [6.07, 6.45) is 1.45. The number of rotatable bonds is 3. The van der Waals surface area contributed by atoms with Crippen LogP contribution in [0.1, 0.15) is 26.7 Å². The highest BCUT2D eigenvalue weighted by atomic mass is 35.5. The minimum atomic E-state index is -0.529. The Balaban J connectivity index is 2.26. The van der Waals surface area contributed by atoms with Crippen LogP contribution in [0.5, 0.6) is 0 Å². The van der Waals surface area contributed by atoms with E-state index in [0.717, 1.165) is 6.42 Å². The van der Waals surface area contributed by atoms with Crippen molar-refractivity contribution >= 4 is 40.6 Å². The third kappa shape index (κ3) is 2.99. The van der Waals surface area contributed by atoms with Gasteiger partial charge in [0.2, 0.25) is 5.91 Å². The highest BCUT2D eigenvalue weighted by Gasteiger charge is 2.35. The first-order valence-corrected chi connectivity index (χ1v) is 7.47. The summed E-state index contributed by atoms with van der Waals surface area (Å²) in [7, 11) is 0. The van der Waals surface area contributed by atoms with Gasteiger partial charge in [-0.05, 0) is 31.0 Å². The Morgan fingerprint density at radius 1 is 1.30 bits per heavy atom. The third-order valence-electron chi connectivity index (χ3n) is 3.57. The van der Waals surface area contributed by atoms with E-state index in [9.17, 15) is 9.59 Å². The molecular weight excluding hydrogens is 297 g/mol. The molecule has 1 aliphatic rings. The van der Waals surface area contributed by atoms with Gasteiger partial charge in [0, 0.05) is 18.2 Å². The standard InChI is InChI=1S/C15H17Cl2NO2/c1-9(2)14(19)11-4-3-7-18(15(11)20)10-5-6-12(16)13(17)8-10/h5-6,8-9,11H,3-4,7H2,1-2H3/t11-/m0/s1. The van der Waals surface area contributed by atoms with Crippen LogP contribution in [-0.4, -0.2) is 18.2 Å². The minimum absolute atomic E-state index is 0.0137. The fourth-order valence-corrected chi connectivity index (χ4v) is 2.74. The molecule has 0 radical (unpaired) electrons. The number of anilines is 1. The third-order valence-corrected chi connectivity index (χ3v) is 4.31. The van der Waals surface area contributed by atoms with Crippen molar-refractivity contribution in [2.75, 3.05) is 11.4 Å². The summed E-state index contributed by atoms with van der Waals surface area (Å²) in [6.45, 7) is 4.26. The van der Waals surface area contributed by atoms with Crippen LogP contribution in [0.3, 0.4) is 0 Å². The molecule has 20 heavy (non-hydrogen) atoms. The number of benzene rings is 1. The van der Waals surface area contributed by atoms with Crippen LogP contribution in [0.15, 0.2) is 18.2 Å². The summed E-state index contributed by atoms with van der Waals surface area (Å²) in [5, 5.41) is 0.865. The summed E-state index contributed by atoms with van der Waals surface area (Å²) in [6, 6.07) is 5.10. The predicted molar refractivity (Wildman–Crippen MR) is 81.4 cm³/mol. The normalized spacial score (nSPS) is 19.6. The Bertz CT molecular complexity index is 543. The second-order valence-electron chi connectivity index (χ2n) is 5.34. The summed E-state index contributed by atoms with van der Waals surface area (Å²) in [4.78, 5) is 26.2. The van der Waals surface area contributed by atoms with Crippen molar-refractivity contribution in [3.63, 3.8) is 0 Å². The zero-order valence-electron chi connectivity index (χ0n) is 11.5. The van der Waals surface area contributed by atoms with Gasteiger partial charge in [-0.2, -0.15) is 0 Å². The summed E-state index contributed by atoms with van der Waals surface area (Å²) < 4.78 is 0. The topological polar surface area (TPSA) is 37.4 Å². The molecule has 1 aromatic rings. The lowest BCUT2D eigenvalue weighted by atomic mass is 9.87. The molecule has 1 heterocycles. The quantitative estimate of drug-likeness (QED) is 0.792. The van der Waals surface area contributed by atoms with E-state index in [2.05, 4.69) is 0 Å². The molecule has 0 N–H and O–H groups in total. The lowest BCUT2D eigenvalue weighted by molar-refractivity contribution is -0.135. The average Bonchev–Trinajstić information content (AvgIpc) is 2.41. The highest BCUT2D eigenvalue weighted by Crippen LogP contribution is 2.31. The molecular formula is C15H17Cl2NO2. The van der Waals surface area contributed by atoms with E-state index in [1.165, 1.54) is 0 Å². The first-order chi connectivity index (χ1) is 9.41. The molecule has 2 rings (SSSR count).